The standard InChI is InChI=1S/C16H25N/c1-12(2)11-13-5-7-14(8-6-13)15-9-10-17-16(15,3)4/h5-8,12,15,17H,9-11H2,1-4H3. The van der Waals surface area contributed by atoms with Gasteiger partial charge in [0, 0.05) is 11.5 Å². The molecule has 1 unspecified atom stereocenters. The maximum atomic E-state index is 3.59. The summed E-state index contributed by atoms with van der Waals surface area (Å²) in [7, 11) is 0. The van der Waals surface area contributed by atoms with Crippen LogP contribution >= 0.6 is 0 Å². The molecule has 1 aromatic carbocycles. The molecule has 2 rings (SSSR count). The third kappa shape index (κ3) is 2.90. The maximum Gasteiger partial charge on any atom is 0.0194 e. The fourth-order valence-electron chi connectivity index (χ4n) is 2.96. The minimum absolute atomic E-state index is 0.250. The van der Waals surface area contributed by atoms with E-state index in [1.165, 1.54) is 24.0 Å². The summed E-state index contributed by atoms with van der Waals surface area (Å²) in [5, 5.41) is 3.59. The van der Waals surface area contributed by atoms with Crippen LogP contribution in [0.3, 0.4) is 0 Å². The molecule has 1 nitrogen and oxygen atoms in total. The topological polar surface area (TPSA) is 12.0 Å². The Kier molecular flexibility index (Phi) is 3.58. The van der Waals surface area contributed by atoms with Gasteiger partial charge in [0.1, 0.15) is 0 Å². The van der Waals surface area contributed by atoms with E-state index in [-0.39, 0.29) is 5.54 Å². The van der Waals surface area contributed by atoms with Crippen LogP contribution in [0.25, 0.3) is 0 Å². The normalized spacial score (nSPS) is 23.2. The molecule has 1 aliphatic rings. The summed E-state index contributed by atoms with van der Waals surface area (Å²) in [5.41, 5.74) is 3.21. The second kappa shape index (κ2) is 4.81. The zero-order valence-corrected chi connectivity index (χ0v) is 11.6. The Bertz CT molecular complexity index is 362. The molecule has 0 saturated carbocycles. The van der Waals surface area contributed by atoms with Gasteiger partial charge in [-0.25, -0.2) is 0 Å². The molecule has 0 bridgehead atoms. The van der Waals surface area contributed by atoms with E-state index in [0.717, 1.165) is 12.5 Å². The lowest BCUT2D eigenvalue weighted by Crippen LogP contribution is -2.36. The van der Waals surface area contributed by atoms with E-state index >= 15 is 0 Å². The van der Waals surface area contributed by atoms with E-state index in [1.807, 2.05) is 0 Å². The summed E-state index contributed by atoms with van der Waals surface area (Å²) in [6.07, 6.45) is 2.45. The quantitative estimate of drug-likeness (QED) is 0.835. The van der Waals surface area contributed by atoms with Crippen molar-refractivity contribution in [3.63, 3.8) is 0 Å². The van der Waals surface area contributed by atoms with Gasteiger partial charge < -0.3 is 5.32 Å². The van der Waals surface area contributed by atoms with Crippen LogP contribution in [0, 0.1) is 5.92 Å². The third-order valence-electron chi connectivity index (χ3n) is 3.91. The Morgan fingerprint density at radius 3 is 2.35 bits per heavy atom. The van der Waals surface area contributed by atoms with Gasteiger partial charge in [-0.15, -0.1) is 0 Å². The first-order valence-electron chi connectivity index (χ1n) is 6.83. The van der Waals surface area contributed by atoms with Crippen molar-refractivity contribution in [3.05, 3.63) is 35.4 Å². The largest absolute Gasteiger partial charge is 0.311 e. The Morgan fingerprint density at radius 2 is 1.88 bits per heavy atom. The van der Waals surface area contributed by atoms with Gasteiger partial charge in [-0.05, 0) is 50.3 Å². The van der Waals surface area contributed by atoms with Crippen molar-refractivity contribution < 1.29 is 0 Å². The van der Waals surface area contributed by atoms with Crippen LogP contribution in [0.15, 0.2) is 24.3 Å². The molecule has 1 saturated heterocycles. The number of benzene rings is 1. The zero-order valence-electron chi connectivity index (χ0n) is 11.6. The van der Waals surface area contributed by atoms with Crippen molar-refractivity contribution in [2.45, 2.75) is 52.0 Å². The van der Waals surface area contributed by atoms with Crippen LogP contribution in [0.2, 0.25) is 0 Å². The van der Waals surface area contributed by atoms with Gasteiger partial charge in [-0.1, -0.05) is 38.1 Å². The first kappa shape index (κ1) is 12.6. The van der Waals surface area contributed by atoms with Crippen molar-refractivity contribution in [3.8, 4) is 0 Å². The smallest absolute Gasteiger partial charge is 0.0194 e. The van der Waals surface area contributed by atoms with Gasteiger partial charge in [0.25, 0.3) is 0 Å². The lowest BCUT2D eigenvalue weighted by molar-refractivity contribution is 0.411. The van der Waals surface area contributed by atoms with Gasteiger partial charge in [0.2, 0.25) is 0 Å². The van der Waals surface area contributed by atoms with Crippen LogP contribution in [-0.2, 0) is 6.42 Å². The van der Waals surface area contributed by atoms with E-state index in [0.29, 0.717) is 5.92 Å². The molecule has 1 N–H and O–H groups in total. The van der Waals surface area contributed by atoms with Crippen LogP contribution < -0.4 is 5.32 Å². The van der Waals surface area contributed by atoms with E-state index in [4.69, 9.17) is 0 Å². The Morgan fingerprint density at radius 1 is 1.24 bits per heavy atom. The Labute approximate surface area is 106 Å². The average molecular weight is 231 g/mol. The number of hydrogen-bond donors (Lipinski definition) is 1. The third-order valence-corrected chi connectivity index (χ3v) is 3.91. The van der Waals surface area contributed by atoms with Gasteiger partial charge in [0.05, 0.1) is 0 Å². The van der Waals surface area contributed by atoms with Gasteiger partial charge in [0.15, 0.2) is 0 Å². The summed E-state index contributed by atoms with van der Waals surface area (Å²) in [6.45, 7) is 10.3. The summed E-state index contributed by atoms with van der Waals surface area (Å²) < 4.78 is 0. The SMILES string of the molecule is CC(C)Cc1ccc(C2CCNC2(C)C)cc1. The molecule has 1 atom stereocenters. The number of rotatable bonds is 3. The minimum atomic E-state index is 0.250. The molecule has 0 aliphatic carbocycles. The van der Waals surface area contributed by atoms with Crippen molar-refractivity contribution in [2.75, 3.05) is 6.54 Å². The molecule has 1 heterocycles. The van der Waals surface area contributed by atoms with Gasteiger partial charge >= 0.3 is 0 Å². The highest BCUT2D eigenvalue weighted by Crippen LogP contribution is 2.35. The van der Waals surface area contributed by atoms with Gasteiger partial charge in [-0.3, -0.25) is 0 Å². The molecule has 0 amide bonds. The Hall–Kier alpha value is -0.820. The van der Waals surface area contributed by atoms with Crippen LogP contribution in [0.5, 0.6) is 0 Å². The Balaban J connectivity index is 2.12. The predicted octanol–water partition coefficient (Wildman–Crippen LogP) is 3.74. The minimum Gasteiger partial charge on any atom is -0.311 e. The molecule has 1 aliphatic heterocycles. The summed E-state index contributed by atoms with van der Waals surface area (Å²) in [4.78, 5) is 0. The molecule has 0 aromatic heterocycles. The molecule has 0 radical (unpaired) electrons. The maximum absolute atomic E-state index is 3.59. The van der Waals surface area contributed by atoms with Crippen molar-refractivity contribution in [1.82, 2.24) is 5.32 Å². The average Bonchev–Trinajstić information content (AvgIpc) is 2.58. The zero-order chi connectivity index (χ0) is 12.5. The lowest BCUT2D eigenvalue weighted by atomic mass is 9.83. The molecule has 17 heavy (non-hydrogen) atoms. The molecule has 0 spiro atoms. The second-order valence-electron chi connectivity index (χ2n) is 6.33. The molecular weight excluding hydrogens is 206 g/mol. The van der Waals surface area contributed by atoms with Crippen LogP contribution in [0.4, 0.5) is 0 Å². The fraction of sp³-hybridized carbons (Fsp3) is 0.625. The van der Waals surface area contributed by atoms with E-state index in [1.54, 1.807) is 0 Å². The van der Waals surface area contributed by atoms with Crippen molar-refractivity contribution in [1.29, 1.82) is 0 Å². The molecule has 94 valence electrons. The lowest BCUT2D eigenvalue weighted by Gasteiger charge is -2.27. The summed E-state index contributed by atoms with van der Waals surface area (Å²) in [5.74, 6) is 1.40. The predicted molar refractivity (Wildman–Crippen MR) is 74.4 cm³/mol. The fourth-order valence-corrected chi connectivity index (χ4v) is 2.96. The van der Waals surface area contributed by atoms with Crippen LogP contribution in [-0.4, -0.2) is 12.1 Å². The highest BCUT2D eigenvalue weighted by Gasteiger charge is 2.34. The first-order chi connectivity index (χ1) is 7.99. The molecule has 1 fully saturated rings. The van der Waals surface area contributed by atoms with Crippen LogP contribution in [0.1, 0.15) is 51.2 Å². The number of hydrogen-bond acceptors (Lipinski definition) is 1. The van der Waals surface area contributed by atoms with Gasteiger partial charge in [-0.2, -0.15) is 0 Å². The molecule has 1 aromatic rings. The van der Waals surface area contributed by atoms with E-state index in [9.17, 15) is 0 Å². The van der Waals surface area contributed by atoms with Crippen molar-refractivity contribution >= 4 is 0 Å². The molecule has 1 heteroatoms. The molecular formula is C16H25N. The monoisotopic (exact) mass is 231 g/mol. The summed E-state index contributed by atoms with van der Waals surface area (Å²) in [6, 6.07) is 9.28. The summed E-state index contributed by atoms with van der Waals surface area (Å²) >= 11 is 0. The number of nitrogens with one attached hydrogen (secondary N) is 1. The highest BCUT2D eigenvalue weighted by molar-refractivity contribution is 5.29. The second-order valence-corrected chi connectivity index (χ2v) is 6.33. The van der Waals surface area contributed by atoms with E-state index in [2.05, 4.69) is 57.3 Å². The van der Waals surface area contributed by atoms with Crippen molar-refractivity contribution in [2.24, 2.45) is 5.92 Å². The van der Waals surface area contributed by atoms with E-state index < -0.39 is 0 Å². The first-order valence-corrected chi connectivity index (χ1v) is 6.83. The highest BCUT2D eigenvalue weighted by atomic mass is 15.0.